The minimum absolute atomic E-state index is 0.0430. The summed E-state index contributed by atoms with van der Waals surface area (Å²) < 4.78 is 29.1. The largest absolute Gasteiger partial charge is 0.314 e. The molecule has 2 N–H and O–H groups in total. The van der Waals surface area contributed by atoms with Crippen molar-refractivity contribution in [3.05, 3.63) is 41.9 Å². The van der Waals surface area contributed by atoms with E-state index in [-0.39, 0.29) is 28.8 Å². The van der Waals surface area contributed by atoms with Gasteiger partial charge in [-0.05, 0) is 22.9 Å². The van der Waals surface area contributed by atoms with Crippen molar-refractivity contribution < 1.29 is 13.2 Å². The summed E-state index contributed by atoms with van der Waals surface area (Å²) in [7, 11) is -3.97. The first kappa shape index (κ1) is 18.9. The number of rotatable bonds is 5. The molecule has 1 saturated heterocycles. The van der Waals surface area contributed by atoms with Gasteiger partial charge < -0.3 is 5.73 Å². The quantitative estimate of drug-likeness (QED) is 0.626. The summed E-state index contributed by atoms with van der Waals surface area (Å²) in [5.74, 6) is -0.872. The lowest BCUT2D eigenvalue weighted by atomic mass is 10.0. The molecule has 3 aromatic rings. The number of nitrogens with two attached hydrogens (primary N) is 1. The third-order valence-electron chi connectivity index (χ3n) is 4.81. The maximum absolute atomic E-state index is 13.3. The summed E-state index contributed by atoms with van der Waals surface area (Å²) >= 11 is 6.22. The molecule has 0 bridgehead atoms. The molecule has 0 radical (unpaired) electrons. The average molecular weight is 422 g/mol. The average Bonchev–Trinajstić information content (AvgIpc) is 3.31. The lowest BCUT2D eigenvalue weighted by Crippen LogP contribution is -2.46. The summed E-state index contributed by atoms with van der Waals surface area (Å²) in [6.07, 6.45) is 3.60. The number of ketones is 1. The number of Topliss-reactive ketones (excluding diaryl/α,β-unsaturated/α-hetero) is 1. The number of pyridine rings is 1. The topological polar surface area (TPSA) is 137 Å². The predicted octanol–water partition coefficient (Wildman–Crippen LogP) is 0.439. The van der Waals surface area contributed by atoms with Crippen LogP contribution in [0.4, 0.5) is 0 Å². The lowest BCUT2D eigenvalue weighted by molar-refractivity contribution is -0.124. The number of nitrogens with zero attached hydrogens (tertiary/aromatic N) is 6. The highest BCUT2D eigenvalue weighted by molar-refractivity contribution is 7.89. The van der Waals surface area contributed by atoms with Crippen molar-refractivity contribution in [3.63, 3.8) is 0 Å². The summed E-state index contributed by atoms with van der Waals surface area (Å²) in [5, 5.41) is 11.8. The van der Waals surface area contributed by atoms with Crippen LogP contribution in [0.15, 0.2) is 41.8 Å². The molecule has 4 rings (SSSR count). The van der Waals surface area contributed by atoms with E-state index in [0.717, 1.165) is 4.31 Å². The molecule has 0 aliphatic carbocycles. The van der Waals surface area contributed by atoms with E-state index in [2.05, 4.69) is 20.5 Å². The normalized spacial score (nSPS) is 20.6. The molecule has 2 aromatic heterocycles. The zero-order valence-electron chi connectivity index (χ0n) is 14.5. The van der Waals surface area contributed by atoms with Gasteiger partial charge in [0.2, 0.25) is 10.0 Å². The highest BCUT2D eigenvalue weighted by Crippen LogP contribution is 2.34. The maximum Gasteiger partial charge on any atom is 0.245 e. The molecule has 1 aliphatic heterocycles. The minimum atomic E-state index is -3.97. The van der Waals surface area contributed by atoms with Gasteiger partial charge in [0.1, 0.15) is 12.9 Å². The molecule has 1 aromatic carbocycles. The van der Waals surface area contributed by atoms with Crippen LogP contribution in [-0.4, -0.2) is 56.4 Å². The van der Waals surface area contributed by atoms with Crippen LogP contribution in [0.25, 0.3) is 10.8 Å². The zero-order valence-corrected chi connectivity index (χ0v) is 16.1. The van der Waals surface area contributed by atoms with Gasteiger partial charge in [0.25, 0.3) is 0 Å². The highest BCUT2D eigenvalue weighted by atomic mass is 35.5. The van der Waals surface area contributed by atoms with Gasteiger partial charge in [0, 0.05) is 29.7 Å². The van der Waals surface area contributed by atoms with Crippen molar-refractivity contribution in [2.24, 2.45) is 11.7 Å². The highest BCUT2D eigenvalue weighted by Gasteiger charge is 2.43. The minimum Gasteiger partial charge on any atom is -0.314 e. The van der Waals surface area contributed by atoms with Crippen molar-refractivity contribution in [2.75, 3.05) is 6.54 Å². The third kappa shape index (κ3) is 3.15. The van der Waals surface area contributed by atoms with Crippen molar-refractivity contribution in [1.29, 1.82) is 0 Å². The SMILES string of the molecule is N[C@@H]1C(C(=O)Cn2cnnn2)CCN1S(=O)(=O)c1cccc2cncc(Cl)c12. The number of hydrogen-bond acceptors (Lipinski definition) is 8. The van der Waals surface area contributed by atoms with E-state index in [0.29, 0.717) is 17.2 Å². The number of carbonyl (C=O) groups is 1. The molecule has 1 fully saturated rings. The fraction of sp³-hybridized carbons (Fsp3) is 0.312. The molecular formula is C16H16ClN7O3S. The smallest absolute Gasteiger partial charge is 0.245 e. The first-order valence-electron chi connectivity index (χ1n) is 8.43. The number of fused-ring (bicyclic) bond motifs is 1. The Labute approximate surface area is 165 Å². The first-order chi connectivity index (χ1) is 13.4. The molecule has 2 atom stereocenters. The van der Waals surface area contributed by atoms with Crippen LogP contribution in [0.5, 0.6) is 0 Å². The van der Waals surface area contributed by atoms with E-state index in [1.165, 1.54) is 23.3 Å². The molecule has 0 amide bonds. The van der Waals surface area contributed by atoms with Crippen molar-refractivity contribution >= 4 is 38.2 Å². The van der Waals surface area contributed by atoms with Crippen molar-refractivity contribution in [1.82, 2.24) is 29.5 Å². The van der Waals surface area contributed by atoms with E-state index in [4.69, 9.17) is 17.3 Å². The van der Waals surface area contributed by atoms with Gasteiger partial charge >= 0.3 is 0 Å². The number of halogens is 1. The molecule has 3 heterocycles. The Hall–Kier alpha value is -2.47. The Balaban J connectivity index is 1.65. The number of sulfonamides is 1. The molecule has 1 aliphatic rings. The molecule has 12 heteroatoms. The van der Waals surface area contributed by atoms with Crippen LogP contribution < -0.4 is 5.73 Å². The van der Waals surface area contributed by atoms with E-state index in [1.807, 2.05) is 0 Å². The van der Waals surface area contributed by atoms with Gasteiger partial charge in [0.05, 0.1) is 22.0 Å². The Morgan fingerprint density at radius 2 is 2.14 bits per heavy atom. The van der Waals surface area contributed by atoms with E-state index < -0.39 is 22.1 Å². The monoisotopic (exact) mass is 421 g/mol. The van der Waals surface area contributed by atoms with Crippen LogP contribution in [-0.2, 0) is 21.4 Å². The third-order valence-corrected chi connectivity index (χ3v) is 7.04. The predicted molar refractivity (Wildman–Crippen MR) is 99.6 cm³/mol. The molecule has 1 unspecified atom stereocenters. The van der Waals surface area contributed by atoms with Crippen LogP contribution in [0.3, 0.4) is 0 Å². The second-order valence-electron chi connectivity index (χ2n) is 6.45. The van der Waals surface area contributed by atoms with Crippen LogP contribution in [0, 0.1) is 5.92 Å². The fourth-order valence-electron chi connectivity index (χ4n) is 3.45. The Morgan fingerprint density at radius 3 is 2.89 bits per heavy atom. The van der Waals surface area contributed by atoms with Gasteiger partial charge in [-0.3, -0.25) is 9.78 Å². The first-order valence-corrected chi connectivity index (χ1v) is 10.2. The number of aromatic nitrogens is 5. The van der Waals surface area contributed by atoms with Crippen LogP contribution in [0.1, 0.15) is 6.42 Å². The summed E-state index contributed by atoms with van der Waals surface area (Å²) in [6.45, 7) is 0.0691. The van der Waals surface area contributed by atoms with Crippen LogP contribution in [0.2, 0.25) is 5.02 Å². The second kappa shape index (κ2) is 7.17. The van der Waals surface area contributed by atoms with E-state index in [9.17, 15) is 13.2 Å². The van der Waals surface area contributed by atoms with Crippen LogP contribution >= 0.6 is 11.6 Å². The molecular weight excluding hydrogens is 406 g/mol. The van der Waals surface area contributed by atoms with Crippen molar-refractivity contribution in [2.45, 2.75) is 24.0 Å². The molecule has 146 valence electrons. The van der Waals surface area contributed by atoms with E-state index in [1.54, 1.807) is 18.3 Å². The van der Waals surface area contributed by atoms with Gasteiger partial charge in [-0.2, -0.15) is 4.31 Å². The molecule has 0 saturated carbocycles. The molecule has 10 nitrogen and oxygen atoms in total. The van der Waals surface area contributed by atoms with Gasteiger partial charge in [0.15, 0.2) is 5.78 Å². The summed E-state index contributed by atoms with van der Waals surface area (Å²) in [5.41, 5.74) is 6.18. The Morgan fingerprint density at radius 1 is 1.32 bits per heavy atom. The van der Waals surface area contributed by atoms with Gasteiger partial charge in [-0.15, -0.1) is 5.10 Å². The Bertz CT molecular complexity index is 1130. The van der Waals surface area contributed by atoms with Gasteiger partial charge in [-0.1, -0.05) is 23.7 Å². The second-order valence-corrected chi connectivity index (χ2v) is 8.72. The number of hydrogen-bond donors (Lipinski definition) is 1. The maximum atomic E-state index is 13.3. The Kier molecular flexibility index (Phi) is 4.83. The fourth-order valence-corrected chi connectivity index (χ4v) is 5.57. The lowest BCUT2D eigenvalue weighted by Gasteiger charge is -2.24. The zero-order chi connectivity index (χ0) is 19.9. The standard InChI is InChI=1S/C16H16ClN7O3S/c17-12-7-19-6-10-2-1-3-14(15(10)12)28(26,27)24-5-4-11(16(24)18)13(25)8-23-9-20-21-22-23/h1-3,6-7,9,11,16H,4-5,8,18H2/t11?,16-/m0/s1. The van der Waals surface area contributed by atoms with Crippen molar-refractivity contribution in [3.8, 4) is 0 Å². The summed E-state index contributed by atoms with van der Waals surface area (Å²) in [4.78, 5) is 16.6. The number of benzene rings is 1. The number of tetrazole rings is 1. The molecule has 28 heavy (non-hydrogen) atoms. The summed E-state index contributed by atoms with van der Waals surface area (Å²) in [6, 6.07) is 4.83. The van der Waals surface area contributed by atoms with Gasteiger partial charge in [-0.25, -0.2) is 13.1 Å². The molecule has 0 spiro atoms. The van der Waals surface area contributed by atoms with E-state index >= 15 is 0 Å². The number of carbonyl (C=O) groups excluding carboxylic acids is 1.